The van der Waals surface area contributed by atoms with E-state index in [1.54, 1.807) is 6.33 Å². The van der Waals surface area contributed by atoms with Crippen LogP contribution in [0.3, 0.4) is 0 Å². The maximum atomic E-state index is 6.19. The summed E-state index contributed by atoms with van der Waals surface area (Å²) in [5, 5.41) is 5.39. The van der Waals surface area contributed by atoms with Gasteiger partial charge in [-0.1, -0.05) is 26.0 Å². The van der Waals surface area contributed by atoms with Crippen LogP contribution in [0.5, 0.6) is 0 Å². The molecule has 4 nitrogen and oxygen atoms in total. The van der Waals surface area contributed by atoms with Gasteiger partial charge in [0.1, 0.15) is 12.1 Å². The molecule has 0 radical (unpaired) electrons. The second-order valence-corrected chi connectivity index (χ2v) is 6.08. The van der Waals surface area contributed by atoms with Crippen molar-refractivity contribution in [3.63, 3.8) is 0 Å². The Kier molecular flexibility index (Phi) is 9.19. The molecule has 2 rings (SSSR count). The van der Waals surface area contributed by atoms with Crippen molar-refractivity contribution in [2.24, 2.45) is 0 Å². The molecule has 1 N–H and O–H groups in total. The quantitative estimate of drug-likeness (QED) is 0.855. The van der Waals surface area contributed by atoms with Gasteiger partial charge in [0.15, 0.2) is 0 Å². The Morgan fingerprint density at radius 3 is 2.52 bits per heavy atom. The number of alkyl halides is 1. The molecule has 23 heavy (non-hydrogen) atoms. The van der Waals surface area contributed by atoms with Crippen LogP contribution in [0.15, 0.2) is 6.33 Å². The number of nitrogens with zero attached hydrogens (tertiary/aromatic N) is 3. The van der Waals surface area contributed by atoms with Crippen LogP contribution in [0.25, 0.3) is 12.2 Å². The molecule has 0 aromatic carbocycles. The lowest BCUT2D eigenvalue weighted by Crippen LogP contribution is -2.47. The molecule has 2 heterocycles. The van der Waals surface area contributed by atoms with Gasteiger partial charge < -0.3 is 10.2 Å². The summed E-state index contributed by atoms with van der Waals surface area (Å²) in [5.41, 5.74) is 0. The van der Waals surface area contributed by atoms with E-state index in [2.05, 4.69) is 33.2 Å². The number of hydrogen-bond donors (Lipinski definition) is 1. The maximum absolute atomic E-state index is 6.19. The molecular weight excluding hydrogens is 308 g/mol. The first-order valence-corrected chi connectivity index (χ1v) is 9.21. The third-order valence-electron chi connectivity index (χ3n) is 3.93. The van der Waals surface area contributed by atoms with Crippen molar-refractivity contribution in [1.82, 2.24) is 15.3 Å². The number of piperidine rings is 1. The van der Waals surface area contributed by atoms with E-state index in [0.717, 1.165) is 48.9 Å². The summed E-state index contributed by atoms with van der Waals surface area (Å²) in [6, 6.07) is 0.536. The number of rotatable bonds is 4. The normalized spacial score (nSPS) is 18.3. The van der Waals surface area contributed by atoms with Crippen LogP contribution in [0, 0.1) is 0 Å². The number of aromatic nitrogens is 2. The Morgan fingerprint density at radius 1 is 1.35 bits per heavy atom. The molecule has 5 heteroatoms. The number of nitrogens with one attached hydrogen (secondary N) is 1. The van der Waals surface area contributed by atoms with E-state index < -0.39 is 0 Å². The zero-order valence-corrected chi connectivity index (χ0v) is 15.9. The van der Waals surface area contributed by atoms with Gasteiger partial charge in [-0.2, -0.15) is 0 Å². The first kappa shape index (κ1) is 19.9. The summed E-state index contributed by atoms with van der Waals surface area (Å²) < 4.78 is 0. The van der Waals surface area contributed by atoms with Crippen molar-refractivity contribution < 1.29 is 0 Å². The van der Waals surface area contributed by atoms with Crippen molar-refractivity contribution in [3.05, 3.63) is 16.9 Å². The zero-order chi connectivity index (χ0) is 17.2. The van der Waals surface area contributed by atoms with E-state index in [1.807, 2.05) is 33.8 Å². The molecule has 1 aromatic heterocycles. The molecule has 1 unspecified atom stereocenters. The number of anilines is 1. The molecule has 1 atom stereocenters. The summed E-state index contributed by atoms with van der Waals surface area (Å²) in [6.07, 6.45) is 8.03. The van der Waals surface area contributed by atoms with Gasteiger partial charge in [-0.25, -0.2) is 9.97 Å². The summed E-state index contributed by atoms with van der Waals surface area (Å²) in [4.78, 5) is 11.4. The maximum Gasteiger partial charge on any atom is 0.139 e. The van der Waals surface area contributed by atoms with Gasteiger partial charge in [-0.05, 0) is 46.7 Å². The van der Waals surface area contributed by atoms with Crippen molar-refractivity contribution in [2.75, 3.05) is 24.5 Å². The van der Waals surface area contributed by atoms with E-state index in [-0.39, 0.29) is 5.38 Å². The van der Waals surface area contributed by atoms with Crippen LogP contribution in [-0.2, 0) is 0 Å². The first-order valence-electron chi connectivity index (χ1n) is 8.78. The molecule has 0 amide bonds. The SMILES string of the molecule is C/C=c1/ncnc(N(CC)C2CCNCC2)/c1=C/C(C)Cl.CC. The summed E-state index contributed by atoms with van der Waals surface area (Å²) in [7, 11) is 0. The highest BCUT2D eigenvalue weighted by molar-refractivity contribution is 6.23. The fourth-order valence-corrected chi connectivity index (χ4v) is 3.07. The fourth-order valence-electron chi connectivity index (χ4n) is 2.95. The van der Waals surface area contributed by atoms with Crippen LogP contribution < -0.4 is 20.8 Å². The van der Waals surface area contributed by atoms with Crippen LogP contribution in [0.4, 0.5) is 5.82 Å². The molecule has 1 aliphatic heterocycles. The van der Waals surface area contributed by atoms with Crippen molar-refractivity contribution in [1.29, 1.82) is 0 Å². The lowest BCUT2D eigenvalue weighted by atomic mass is 10.0. The van der Waals surface area contributed by atoms with Crippen LogP contribution in [-0.4, -0.2) is 41.0 Å². The standard InChI is InChI=1S/C16H25ClN4.C2H6/c1-4-15-14(10-12(3)17)16(20-11-19-15)21(5-2)13-6-8-18-9-7-13;1-2/h4,10-13,18H,5-9H2,1-3H3;1-2H3/b14-10+,15-4+;. The fraction of sp³-hybridized carbons (Fsp3) is 0.667. The lowest BCUT2D eigenvalue weighted by molar-refractivity contribution is 0.431. The zero-order valence-electron chi connectivity index (χ0n) is 15.1. The van der Waals surface area contributed by atoms with E-state index >= 15 is 0 Å². The van der Waals surface area contributed by atoms with E-state index in [1.165, 1.54) is 0 Å². The van der Waals surface area contributed by atoms with Gasteiger partial charge >= 0.3 is 0 Å². The van der Waals surface area contributed by atoms with E-state index in [0.29, 0.717) is 6.04 Å². The predicted octanol–water partition coefficient (Wildman–Crippen LogP) is 2.29. The molecule has 1 fully saturated rings. The molecule has 0 spiro atoms. The molecule has 0 saturated carbocycles. The van der Waals surface area contributed by atoms with Crippen molar-refractivity contribution in [2.45, 2.75) is 58.9 Å². The summed E-state index contributed by atoms with van der Waals surface area (Å²) in [5.74, 6) is 1.01. The largest absolute Gasteiger partial charge is 0.353 e. The van der Waals surface area contributed by atoms with Crippen LogP contribution in [0.2, 0.25) is 0 Å². The minimum absolute atomic E-state index is 0.0415. The highest BCUT2D eigenvalue weighted by Gasteiger charge is 2.22. The molecule has 0 bridgehead atoms. The predicted molar refractivity (Wildman–Crippen MR) is 101 cm³/mol. The average molecular weight is 339 g/mol. The molecular formula is C18H31ClN4. The van der Waals surface area contributed by atoms with Gasteiger partial charge in [0.25, 0.3) is 0 Å². The van der Waals surface area contributed by atoms with Gasteiger partial charge in [0.2, 0.25) is 0 Å². The molecule has 130 valence electrons. The monoisotopic (exact) mass is 338 g/mol. The minimum atomic E-state index is -0.0415. The highest BCUT2D eigenvalue weighted by Crippen LogP contribution is 2.16. The van der Waals surface area contributed by atoms with E-state index in [4.69, 9.17) is 11.6 Å². The summed E-state index contributed by atoms with van der Waals surface area (Å²) in [6.45, 7) is 13.3. The van der Waals surface area contributed by atoms with Gasteiger partial charge in [0, 0.05) is 23.2 Å². The second-order valence-electron chi connectivity index (χ2n) is 5.40. The Labute approximate surface area is 145 Å². The smallest absolute Gasteiger partial charge is 0.139 e. The minimum Gasteiger partial charge on any atom is -0.353 e. The van der Waals surface area contributed by atoms with Gasteiger partial charge in [-0.15, -0.1) is 11.6 Å². The van der Waals surface area contributed by atoms with E-state index in [9.17, 15) is 0 Å². The average Bonchev–Trinajstić information content (AvgIpc) is 2.59. The molecule has 0 aliphatic carbocycles. The van der Waals surface area contributed by atoms with Crippen LogP contribution in [0.1, 0.15) is 47.5 Å². The third-order valence-corrected chi connectivity index (χ3v) is 4.05. The summed E-state index contributed by atoms with van der Waals surface area (Å²) >= 11 is 6.19. The van der Waals surface area contributed by atoms with Crippen molar-refractivity contribution in [3.8, 4) is 0 Å². The Bertz CT molecular complexity index is 565. The molecule has 1 aromatic rings. The number of halogens is 1. The van der Waals surface area contributed by atoms with Crippen LogP contribution >= 0.6 is 11.6 Å². The Morgan fingerprint density at radius 2 is 2.00 bits per heavy atom. The van der Waals surface area contributed by atoms with Crippen molar-refractivity contribution >= 4 is 29.6 Å². The first-order chi connectivity index (χ1) is 11.2. The molecule has 1 saturated heterocycles. The molecule has 1 aliphatic rings. The highest BCUT2D eigenvalue weighted by atomic mass is 35.5. The van der Waals surface area contributed by atoms with Gasteiger partial charge in [0.05, 0.1) is 5.35 Å². The lowest BCUT2D eigenvalue weighted by Gasteiger charge is -2.35. The topological polar surface area (TPSA) is 41.1 Å². The number of hydrogen-bond acceptors (Lipinski definition) is 4. The Balaban J connectivity index is 0.00000127. The second kappa shape index (κ2) is 10.6. The third kappa shape index (κ3) is 5.47. The Hall–Kier alpha value is -1.13. The van der Waals surface area contributed by atoms with Gasteiger partial charge in [-0.3, -0.25) is 0 Å².